The fourth-order valence-corrected chi connectivity index (χ4v) is 3.51. The topological polar surface area (TPSA) is 89.6 Å². The van der Waals surface area contributed by atoms with Crippen molar-refractivity contribution < 1.29 is 0 Å². The van der Waals surface area contributed by atoms with Gasteiger partial charge in [-0.2, -0.15) is 0 Å². The van der Waals surface area contributed by atoms with Crippen LogP contribution in [-0.4, -0.2) is 19.9 Å². The van der Waals surface area contributed by atoms with Crippen LogP contribution < -0.4 is 11.1 Å². The molecule has 5 rings (SSSR count). The minimum Gasteiger partial charge on any atom is -0.384 e. The van der Waals surface area contributed by atoms with Crippen molar-refractivity contribution in [3.63, 3.8) is 0 Å². The van der Waals surface area contributed by atoms with E-state index in [0.29, 0.717) is 18.2 Å². The lowest BCUT2D eigenvalue weighted by molar-refractivity contribution is 1.03. The maximum atomic E-state index is 5.75. The van der Waals surface area contributed by atoms with E-state index in [2.05, 4.69) is 33.5 Å². The number of nitrogens with one attached hydrogen (secondary N) is 1. The van der Waals surface area contributed by atoms with E-state index in [1.54, 1.807) is 18.5 Å². The maximum Gasteiger partial charge on any atom is 0.163 e. The van der Waals surface area contributed by atoms with Crippen molar-refractivity contribution in [3.8, 4) is 22.5 Å². The van der Waals surface area contributed by atoms with E-state index in [1.165, 1.54) is 0 Å². The zero-order chi connectivity index (χ0) is 21.0. The molecule has 0 atom stereocenters. The molecule has 0 amide bonds. The van der Waals surface area contributed by atoms with Gasteiger partial charge in [-0.05, 0) is 41.5 Å². The summed E-state index contributed by atoms with van der Waals surface area (Å²) >= 11 is 0. The summed E-state index contributed by atoms with van der Waals surface area (Å²) in [5, 5.41) is 4.45. The summed E-state index contributed by atoms with van der Waals surface area (Å²) in [6.07, 6.45) is 3.48. The predicted octanol–water partition coefficient (Wildman–Crippen LogP) is 4.95. The second kappa shape index (κ2) is 8.20. The Morgan fingerprint density at radius 2 is 1.61 bits per heavy atom. The standard InChI is InChI=1S/C25H20N6/c26-22-13-12-18(15-28-22)24-30-21-11-6-10-20(17-7-2-1-3-8-17)23(21)25(31-24)29-16-19-9-4-5-14-27-19/h1-15H,16H2,(H2,26,28)(H,29,30,31). The highest BCUT2D eigenvalue weighted by Gasteiger charge is 2.14. The van der Waals surface area contributed by atoms with Crippen LogP contribution in [0.4, 0.5) is 11.6 Å². The molecule has 0 spiro atoms. The van der Waals surface area contributed by atoms with Gasteiger partial charge in [0.05, 0.1) is 23.1 Å². The lowest BCUT2D eigenvalue weighted by Crippen LogP contribution is -2.06. The summed E-state index contributed by atoms with van der Waals surface area (Å²) < 4.78 is 0. The number of nitrogen functional groups attached to an aromatic ring is 1. The smallest absolute Gasteiger partial charge is 0.163 e. The first kappa shape index (κ1) is 18.7. The Morgan fingerprint density at radius 1 is 0.742 bits per heavy atom. The molecule has 3 heterocycles. The van der Waals surface area contributed by atoms with E-state index < -0.39 is 0 Å². The van der Waals surface area contributed by atoms with E-state index in [4.69, 9.17) is 15.7 Å². The molecule has 0 aliphatic rings. The van der Waals surface area contributed by atoms with Gasteiger partial charge in [0.15, 0.2) is 5.82 Å². The van der Waals surface area contributed by atoms with Crippen LogP contribution in [0.1, 0.15) is 5.69 Å². The van der Waals surface area contributed by atoms with E-state index in [1.807, 2.05) is 54.6 Å². The first-order valence-electron chi connectivity index (χ1n) is 10.00. The van der Waals surface area contributed by atoms with Crippen LogP contribution in [0.25, 0.3) is 33.4 Å². The molecule has 150 valence electrons. The second-order valence-electron chi connectivity index (χ2n) is 7.11. The van der Waals surface area contributed by atoms with Gasteiger partial charge in [-0.1, -0.05) is 48.5 Å². The third kappa shape index (κ3) is 3.91. The highest BCUT2D eigenvalue weighted by molar-refractivity contribution is 6.02. The molecule has 6 heteroatoms. The lowest BCUT2D eigenvalue weighted by Gasteiger charge is -2.14. The van der Waals surface area contributed by atoms with Gasteiger partial charge < -0.3 is 11.1 Å². The zero-order valence-corrected chi connectivity index (χ0v) is 16.7. The van der Waals surface area contributed by atoms with Gasteiger partial charge in [-0.15, -0.1) is 0 Å². The molecule has 6 nitrogen and oxygen atoms in total. The molecule has 31 heavy (non-hydrogen) atoms. The summed E-state index contributed by atoms with van der Waals surface area (Å²) in [5.41, 5.74) is 10.5. The Balaban J connectivity index is 1.67. The van der Waals surface area contributed by atoms with E-state index in [0.717, 1.165) is 39.1 Å². The molecule has 0 aliphatic heterocycles. The summed E-state index contributed by atoms with van der Waals surface area (Å²) in [4.78, 5) is 18.3. The van der Waals surface area contributed by atoms with Crippen LogP contribution in [0, 0.1) is 0 Å². The third-order valence-electron chi connectivity index (χ3n) is 5.02. The summed E-state index contributed by atoms with van der Waals surface area (Å²) in [5.74, 6) is 1.81. The molecule has 0 fully saturated rings. The number of hydrogen-bond donors (Lipinski definition) is 2. The van der Waals surface area contributed by atoms with Crippen LogP contribution in [0.2, 0.25) is 0 Å². The van der Waals surface area contributed by atoms with Crippen molar-refractivity contribution in [1.29, 1.82) is 0 Å². The van der Waals surface area contributed by atoms with Crippen LogP contribution in [0.5, 0.6) is 0 Å². The number of nitrogens with two attached hydrogens (primary N) is 1. The average Bonchev–Trinajstić information content (AvgIpc) is 2.83. The Bertz CT molecular complexity index is 1320. The fourth-order valence-electron chi connectivity index (χ4n) is 3.51. The van der Waals surface area contributed by atoms with Gasteiger partial charge in [0.1, 0.15) is 11.6 Å². The normalized spacial score (nSPS) is 10.8. The summed E-state index contributed by atoms with van der Waals surface area (Å²) in [6.45, 7) is 0.551. The van der Waals surface area contributed by atoms with E-state index in [-0.39, 0.29) is 0 Å². The SMILES string of the molecule is Nc1ccc(-c2nc(NCc3ccccn3)c3c(-c4ccccc4)cccc3n2)cn1. The lowest BCUT2D eigenvalue weighted by atomic mass is 10.0. The molecule has 0 aliphatic carbocycles. The monoisotopic (exact) mass is 404 g/mol. The number of pyridine rings is 2. The van der Waals surface area contributed by atoms with Crippen LogP contribution in [-0.2, 0) is 6.54 Å². The number of aromatic nitrogens is 4. The molecule has 5 aromatic rings. The van der Waals surface area contributed by atoms with Crippen LogP contribution in [0.15, 0.2) is 91.3 Å². The largest absolute Gasteiger partial charge is 0.384 e. The van der Waals surface area contributed by atoms with Crippen molar-refractivity contribution >= 4 is 22.5 Å². The van der Waals surface area contributed by atoms with E-state index in [9.17, 15) is 0 Å². The van der Waals surface area contributed by atoms with Gasteiger partial charge in [0.25, 0.3) is 0 Å². The van der Waals surface area contributed by atoms with Gasteiger partial charge in [-0.25, -0.2) is 15.0 Å². The molecule has 2 aromatic carbocycles. The van der Waals surface area contributed by atoms with Crippen molar-refractivity contribution in [3.05, 3.63) is 97.0 Å². The molecule has 0 unspecified atom stereocenters. The average molecular weight is 404 g/mol. The van der Waals surface area contributed by atoms with Gasteiger partial charge in [0.2, 0.25) is 0 Å². The highest BCUT2D eigenvalue weighted by atomic mass is 15.0. The molecular weight excluding hydrogens is 384 g/mol. The quantitative estimate of drug-likeness (QED) is 0.431. The third-order valence-corrected chi connectivity index (χ3v) is 5.02. The highest BCUT2D eigenvalue weighted by Crippen LogP contribution is 2.34. The van der Waals surface area contributed by atoms with Crippen molar-refractivity contribution in [1.82, 2.24) is 19.9 Å². The predicted molar refractivity (Wildman–Crippen MR) is 124 cm³/mol. The van der Waals surface area contributed by atoms with Gasteiger partial charge >= 0.3 is 0 Å². The molecule has 0 saturated heterocycles. The zero-order valence-electron chi connectivity index (χ0n) is 16.7. The number of anilines is 2. The van der Waals surface area contributed by atoms with Gasteiger partial charge in [-0.3, -0.25) is 4.98 Å². The second-order valence-corrected chi connectivity index (χ2v) is 7.11. The van der Waals surface area contributed by atoms with E-state index >= 15 is 0 Å². The van der Waals surface area contributed by atoms with Crippen molar-refractivity contribution in [2.45, 2.75) is 6.54 Å². The number of hydrogen-bond acceptors (Lipinski definition) is 6. The van der Waals surface area contributed by atoms with Crippen LogP contribution >= 0.6 is 0 Å². The number of rotatable bonds is 5. The van der Waals surface area contributed by atoms with Crippen LogP contribution in [0.3, 0.4) is 0 Å². The molecule has 3 aromatic heterocycles. The summed E-state index contributed by atoms with van der Waals surface area (Å²) in [6, 6.07) is 25.9. The Kier molecular flexibility index (Phi) is 4.94. The fraction of sp³-hybridized carbons (Fsp3) is 0.0400. The summed E-state index contributed by atoms with van der Waals surface area (Å²) in [7, 11) is 0. The first-order chi connectivity index (χ1) is 15.3. The number of fused-ring (bicyclic) bond motifs is 1. The Hall–Kier alpha value is -4.32. The first-order valence-corrected chi connectivity index (χ1v) is 10.00. The van der Waals surface area contributed by atoms with Crippen molar-refractivity contribution in [2.24, 2.45) is 0 Å². The van der Waals surface area contributed by atoms with Crippen molar-refractivity contribution in [2.75, 3.05) is 11.1 Å². The minimum atomic E-state index is 0.462. The molecule has 3 N–H and O–H groups in total. The molecule has 0 radical (unpaired) electrons. The molecule has 0 saturated carbocycles. The van der Waals surface area contributed by atoms with Gasteiger partial charge in [0, 0.05) is 18.0 Å². The minimum absolute atomic E-state index is 0.462. The molecule has 0 bridgehead atoms. The molecular formula is C25H20N6. The maximum absolute atomic E-state index is 5.75. The number of nitrogens with zero attached hydrogens (tertiary/aromatic N) is 4. The Morgan fingerprint density at radius 3 is 2.39 bits per heavy atom. The number of benzene rings is 2. The Labute approximate surface area is 179 Å².